The smallest absolute Gasteiger partial charge is 0.155 e. The molecule has 0 atom stereocenters. The molecule has 1 aromatic rings. The van der Waals surface area contributed by atoms with Crippen molar-refractivity contribution in [3.05, 3.63) is 29.6 Å². The van der Waals surface area contributed by atoms with E-state index in [-0.39, 0.29) is 12.4 Å². The first-order chi connectivity index (χ1) is 7.22. The molecule has 0 saturated heterocycles. The lowest BCUT2D eigenvalue weighted by Crippen LogP contribution is -2.04. The number of hydrogen-bond acceptors (Lipinski definition) is 4. The van der Waals surface area contributed by atoms with Gasteiger partial charge in [-0.25, -0.2) is 0 Å². The molecule has 0 saturated carbocycles. The van der Waals surface area contributed by atoms with Gasteiger partial charge < -0.3 is 9.47 Å². The van der Waals surface area contributed by atoms with Gasteiger partial charge in [-0.15, -0.1) is 0 Å². The molecule has 0 aliphatic carbocycles. The maximum absolute atomic E-state index is 10.6. The van der Waals surface area contributed by atoms with Gasteiger partial charge in [0.05, 0.1) is 18.9 Å². The van der Waals surface area contributed by atoms with Gasteiger partial charge in [-0.3, -0.25) is 9.78 Å². The van der Waals surface area contributed by atoms with Crippen LogP contribution in [0.2, 0.25) is 0 Å². The average Bonchev–Trinajstić information content (AvgIpc) is 2.20. The zero-order valence-electron chi connectivity index (χ0n) is 9.03. The Morgan fingerprint density at radius 1 is 1.40 bits per heavy atom. The van der Waals surface area contributed by atoms with E-state index in [1.54, 1.807) is 13.3 Å². The van der Waals surface area contributed by atoms with Gasteiger partial charge in [0, 0.05) is 13.3 Å². The number of Topliss-reactive ketones (excluding diaryl/α,β-unsaturated/α-hetero) is 1. The van der Waals surface area contributed by atoms with Crippen molar-refractivity contribution in [1.82, 2.24) is 4.98 Å². The predicted molar refractivity (Wildman–Crippen MR) is 55.3 cm³/mol. The molecule has 0 bridgehead atoms. The van der Waals surface area contributed by atoms with Crippen LogP contribution < -0.4 is 0 Å². The van der Waals surface area contributed by atoms with Gasteiger partial charge in [0.1, 0.15) is 6.61 Å². The lowest BCUT2D eigenvalue weighted by Gasteiger charge is -2.03. The summed E-state index contributed by atoms with van der Waals surface area (Å²) < 4.78 is 10.1. The Kier molecular flexibility index (Phi) is 4.93. The van der Waals surface area contributed by atoms with Gasteiger partial charge in [0.25, 0.3) is 0 Å². The Labute approximate surface area is 89.2 Å². The molecular weight excluding hydrogens is 194 g/mol. The minimum atomic E-state index is 0.0268. The quantitative estimate of drug-likeness (QED) is 0.709. The largest absolute Gasteiger partial charge is 0.378 e. The second-order valence-corrected chi connectivity index (χ2v) is 3.29. The van der Waals surface area contributed by atoms with E-state index in [1.807, 2.05) is 12.1 Å². The van der Waals surface area contributed by atoms with Gasteiger partial charge in [0.2, 0.25) is 0 Å². The van der Waals surface area contributed by atoms with E-state index in [2.05, 4.69) is 4.98 Å². The van der Waals surface area contributed by atoms with Crippen LogP contribution in [0.15, 0.2) is 18.3 Å². The molecule has 0 aliphatic heterocycles. The topological polar surface area (TPSA) is 48.4 Å². The molecule has 15 heavy (non-hydrogen) atoms. The van der Waals surface area contributed by atoms with Crippen LogP contribution in [-0.2, 0) is 27.5 Å². The fourth-order valence-corrected chi connectivity index (χ4v) is 1.09. The van der Waals surface area contributed by atoms with Gasteiger partial charge >= 0.3 is 0 Å². The van der Waals surface area contributed by atoms with Crippen LogP contribution in [0.3, 0.4) is 0 Å². The van der Waals surface area contributed by atoms with Crippen molar-refractivity contribution >= 4 is 5.78 Å². The Morgan fingerprint density at radius 2 is 2.20 bits per heavy atom. The highest BCUT2D eigenvalue weighted by Gasteiger charge is 1.97. The number of pyridine rings is 1. The molecule has 1 rings (SSSR count). The highest BCUT2D eigenvalue weighted by Crippen LogP contribution is 2.02. The van der Waals surface area contributed by atoms with Crippen LogP contribution in [0.4, 0.5) is 0 Å². The second kappa shape index (κ2) is 6.27. The summed E-state index contributed by atoms with van der Waals surface area (Å²) in [6, 6.07) is 3.80. The number of carbonyl (C=O) groups is 1. The summed E-state index contributed by atoms with van der Waals surface area (Å²) in [5.41, 5.74) is 1.84. The Hall–Kier alpha value is -1.26. The zero-order chi connectivity index (χ0) is 11.1. The van der Waals surface area contributed by atoms with E-state index in [9.17, 15) is 4.79 Å². The maximum Gasteiger partial charge on any atom is 0.155 e. The number of nitrogens with zero attached hydrogens (tertiary/aromatic N) is 1. The van der Waals surface area contributed by atoms with Crippen molar-refractivity contribution in [2.45, 2.75) is 20.1 Å². The first-order valence-electron chi connectivity index (χ1n) is 4.72. The molecule has 1 heterocycles. The molecule has 0 aromatic carbocycles. The van der Waals surface area contributed by atoms with Crippen LogP contribution in [0, 0.1) is 0 Å². The number of hydrogen-bond donors (Lipinski definition) is 0. The molecule has 82 valence electrons. The van der Waals surface area contributed by atoms with Crippen molar-refractivity contribution in [1.29, 1.82) is 0 Å². The second-order valence-electron chi connectivity index (χ2n) is 3.29. The fourth-order valence-electron chi connectivity index (χ4n) is 1.09. The fraction of sp³-hybridized carbons (Fsp3) is 0.455. The third kappa shape index (κ3) is 4.67. The standard InChI is InChI=1S/C11H15NO3/c1-9(13)6-15-7-10-3-4-11(8-14-2)12-5-10/h3-5H,6-8H2,1-2H3. The summed E-state index contributed by atoms with van der Waals surface area (Å²) in [5.74, 6) is 0.0268. The van der Waals surface area contributed by atoms with Crippen LogP contribution in [0.1, 0.15) is 18.2 Å². The first-order valence-corrected chi connectivity index (χ1v) is 4.72. The van der Waals surface area contributed by atoms with Crippen molar-refractivity contribution in [2.24, 2.45) is 0 Å². The number of ether oxygens (including phenoxy) is 2. The third-order valence-electron chi connectivity index (χ3n) is 1.75. The average molecular weight is 209 g/mol. The third-order valence-corrected chi connectivity index (χ3v) is 1.75. The molecule has 4 heteroatoms. The SMILES string of the molecule is COCc1ccc(COCC(C)=O)cn1. The number of aromatic nitrogens is 1. The molecule has 0 radical (unpaired) electrons. The molecule has 0 aliphatic rings. The first kappa shape index (κ1) is 11.8. The van der Waals surface area contributed by atoms with Crippen molar-refractivity contribution < 1.29 is 14.3 Å². The summed E-state index contributed by atoms with van der Waals surface area (Å²) in [4.78, 5) is 14.8. The lowest BCUT2D eigenvalue weighted by molar-refractivity contribution is -0.121. The highest BCUT2D eigenvalue weighted by molar-refractivity contribution is 5.76. The molecule has 0 spiro atoms. The summed E-state index contributed by atoms with van der Waals surface area (Å²) in [5, 5.41) is 0. The summed E-state index contributed by atoms with van der Waals surface area (Å²) in [6.45, 7) is 2.58. The van der Waals surface area contributed by atoms with Gasteiger partial charge in [-0.05, 0) is 18.6 Å². The molecular formula is C11H15NO3. The van der Waals surface area contributed by atoms with E-state index < -0.39 is 0 Å². The Balaban J connectivity index is 2.39. The van der Waals surface area contributed by atoms with Crippen LogP contribution in [0.5, 0.6) is 0 Å². The van der Waals surface area contributed by atoms with Gasteiger partial charge in [0.15, 0.2) is 5.78 Å². The molecule has 0 amide bonds. The minimum absolute atomic E-state index is 0.0268. The normalized spacial score (nSPS) is 10.3. The van der Waals surface area contributed by atoms with E-state index in [4.69, 9.17) is 9.47 Å². The van der Waals surface area contributed by atoms with Crippen molar-refractivity contribution in [3.63, 3.8) is 0 Å². The van der Waals surface area contributed by atoms with Gasteiger partial charge in [-0.1, -0.05) is 6.07 Å². The lowest BCUT2D eigenvalue weighted by atomic mass is 10.2. The Morgan fingerprint density at radius 3 is 2.73 bits per heavy atom. The Bertz CT molecular complexity index is 308. The van der Waals surface area contributed by atoms with E-state index >= 15 is 0 Å². The monoisotopic (exact) mass is 209 g/mol. The molecule has 1 aromatic heterocycles. The van der Waals surface area contributed by atoms with Crippen molar-refractivity contribution in [3.8, 4) is 0 Å². The number of rotatable bonds is 6. The minimum Gasteiger partial charge on any atom is -0.378 e. The highest BCUT2D eigenvalue weighted by atomic mass is 16.5. The van der Waals surface area contributed by atoms with Crippen LogP contribution in [-0.4, -0.2) is 24.5 Å². The van der Waals surface area contributed by atoms with Crippen LogP contribution in [0.25, 0.3) is 0 Å². The van der Waals surface area contributed by atoms with Crippen LogP contribution >= 0.6 is 0 Å². The summed E-state index contributed by atoms with van der Waals surface area (Å²) in [6.07, 6.45) is 1.73. The molecule has 0 N–H and O–H groups in total. The molecule has 0 fully saturated rings. The number of carbonyl (C=O) groups excluding carboxylic acids is 1. The zero-order valence-corrected chi connectivity index (χ0v) is 9.03. The molecule has 4 nitrogen and oxygen atoms in total. The van der Waals surface area contributed by atoms with E-state index in [0.717, 1.165) is 11.3 Å². The number of ketones is 1. The van der Waals surface area contributed by atoms with E-state index in [1.165, 1.54) is 6.92 Å². The summed E-state index contributed by atoms with van der Waals surface area (Å²) >= 11 is 0. The predicted octanol–water partition coefficient (Wildman–Crippen LogP) is 1.33. The number of methoxy groups -OCH3 is 1. The summed E-state index contributed by atoms with van der Waals surface area (Å²) in [7, 11) is 1.63. The maximum atomic E-state index is 10.6. The van der Waals surface area contributed by atoms with E-state index in [0.29, 0.717) is 13.2 Å². The van der Waals surface area contributed by atoms with Crippen molar-refractivity contribution in [2.75, 3.05) is 13.7 Å². The van der Waals surface area contributed by atoms with Gasteiger partial charge in [-0.2, -0.15) is 0 Å². The molecule has 0 unspecified atom stereocenters.